The summed E-state index contributed by atoms with van der Waals surface area (Å²) in [6.45, 7) is 6.47. The summed E-state index contributed by atoms with van der Waals surface area (Å²) >= 11 is 0. The molecule has 1 aliphatic heterocycles. The minimum Gasteiger partial charge on any atom is -0.483 e. The molecule has 1 heterocycles. The van der Waals surface area contributed by atoms with Gasteiger partial charge in [-0.15, -0.1) is 0 Å². The average molecular weight is 397 g/mol. The van der Waals surface area contributed by atoms with Crippen molar-refractivity contribution in [1.29, 1.82) is 0 Å². The molecule has 1 aliphatic rings. The van der Waals surface area contributed by atoms with Gasteiger partial charge in [-0.2, -0.15) is 4.31 Å². The highest BCUT2D eigenvalue weighted by atomic mass is 32.2. The molecule has 1 fully saturated rings. The number of nitrogens with one attached hydrogen (secondary N) is 1. The standard InChI is InChI=1S/C18H27N3O5S/c1-12(2)13(3)20-17(22)11-26-16-7-6-14(10-15(16)18(19)23)27(24,25)21-8-4-5-9-21/h6-7,10,12-13H,4-5,8-9,11H2,1-3H3,(H2,19,23)(H,20,22)/t13-/m1/s1. The van der Waals surface area contributed by atoms with Gasteiger partial charge in [0, 0.05) is 19.1 Å². The second-order valence-electron chi connectivity index (χ2n) is 7.02. The lowest BCUT2D eigenvalue weighted by Gasteiger charge is -2.18. The molecule has 3 N–H and O–H groups in total. The van der Waals surface area contributed by atoms with Crippen molar-refractivity contribution in [3.8, 4) is 5.75 Å². The van der Waals surface area contributed by atoms with Gasteiger partial charge in [-0.1, -0.05) is 13.8 Å². The van der Waals surface area contributed by atoms with Crippen LogP contribution in [0.1, 0.15) is 44.0 Å². The molecule has 8 nitrogen and oxygen atoms in total. The van der Waals surface area contributed by atoms with E-state index in [-0.39, 0.29) is 40.7 Å². The first-order valence-corrected chi connectivity index (χ1v) is 10.4. The van der Waals surface area contributed by atoms with E-state index in [1.54, 1.807) is 0 Å². The van der Waals surface area contributed by atoms with Crippen molar-refractivity contribution in [2.45, 2.75) is 44.6 Å². The third kappa shape index (κ3) is 5.20. The number of carbonyl (C=O) groups is 2. The van der Waals surface area contributed by atoms with Crippen LogP contribution in [0.15, 0.2) is 23.1 Å². The Labute approximate surface area is 160 Å². The molecule has 150 valence electrons. The van der Waals surface area contributed by atoms with Crippen LogP contribution in [0.2, 0.25) is 0 Å². The zero-order chi connectivity index (χ0) is 20.2. The van der Waals surface area contributed by atoms with Crippen LogP contribution in [0.3, 0.4) is 0 Å². The predicted molar refractivity (Wildman–Crippen MR) is 101 cm³/mol. The van der Waals surface area contributed by atoms with E-state index in [0.717, 1.165) is 12.8 Å². The highest BCUT2D eigenvalue weighted by Crippen LogP contribution is 2.26. The molecular weight excluding hydrogens is 370 g/mol. The maximum absolute atomic E-state index is 12.6. The maximum Gasteiger partial charge on any atom is 0.258 e. The molecule has 0 aliphatic carbocycles. The van der Waals surface area contributed by atoms with Crippen molar-refractivity contribution in [3.05, 3.63) is 23.8 Å². The summed E-state index contributed by atoms with van der Waals surface area (Å²) in [5.74, 6) is -0.805. The van der Waals surface area contributed by atoms with Crippen LogP contribution in [0, 0.1) is 5.92 Å². The summed E-state index contributed by atoms with van der Waals surface area (Å²) in [4.78, 5) is 23.7. The van der Waals surface area contributed by atoms with Crippen molar-refractivity contribution >= 4 is 21.8 Å². The van der Waals surface area contributed by atoms with Crippen molar-refractivity contribution in [1.82, 2.24) is 9.62 Å². The Kier molecular flexibility index (Phi) is 6.83. The highest BCUT2D eigenvalue weighted by Gasteiger charge is 2.28. The van der Waals surface area contributed by atoms with Gasteiger partial charge >= 0.3 is 0 Å². The predicted octanol–water partition coefficient (Wildman–Crippen LogP) is 1.11. The molecule has 0 bridgehead atoms. The normalized spacial score (nSPS) is 16.3. The van der Waals surface area contributed by atoms with Gasteiger partial charge in [-0.3, -0.25) is 9.59 Å². The zero-order valence-corrected chi connectivity index (χ0v) is 16.7. The Bertz CT molecular complexity index is 801. The van der Waals surface area contributed by atoms with Gasteiger partial charge < -0.3 is 15.8 Å². The lowest BCUT2D eigenvalue weighted by molar-refractivity contribution is -0.124. The fourth-order valence-electron chi connectivity index (χ4n) is 2.67. The SMILES string of the molecule is CC(C)[C@@H](C)NC(=O)COc1ccc(S(=O)(=O)N2CCCC2)cc1C(N)=O. The van der Waals surface area contributed by atoms with Crippen LogP contribution in [0.4, 0.5) is 0 Å². The number of nitrogens with zero attached hydrogens (tertiary/aromatic N) is 1. The molecule has 0 saturated carbocycles. The average Bonchev–Trinajstić information content (AvgIpc) is 3.15. The molecule has 2 rings (SSSR count). The van der Waals surface area contributed by atoms with Crippen LogP contribution >= 0.6 is 0 Å². The quantitative estimate of drug-likeness (QED) is 0.681. The molecule has 0 spiro atoms. The Hall–Kier alpha value is -2.13. The molecule has 0 unspecified atom stereocenters. The van der Waals surface area contributed by atoms with Crippen LogP contribution in [0.5, 0.6) is 5.75 Å². The van der Waals surface area contributed by atoms with Gasteiger partial charge in [0.15, 0.2) is 6.61 Å². The van der Waals surface area contributed by atoms with E-state index in [1.807, 2.05) is 20.8 Å². The van der Waals surface area contributed by atoms with Crippen molar-refractivity contribution < 1.29 is 22.7 Å². The fourth-order valence-corrected chi connectivity index (χ4v) is 4.21. The summed E-state index contributed by atoms with van der Waals surface area (Å²) in [5.41, 5.74) is 5.31. The van der Waals surface area contributed by atoms with Gasteiger partial charge in [-0.05, 0) is 43.9 Å². The van der Waals surface area contributed by atoms with E-state index >= 15 is 0 Å². The molecule has 1 atom stereocenters. The second-order valence-corrected chi connectivity index (χ2v) is 8.96. The monoisotopic (exact) mass is 397 g/mol. The number of hydrogen-bond donors (Lipinski definition) is 2. The minimum absolute atomic E-state index is 0.0107. The summed E-state index contributed by atoms with van der Waals surface area (Å²) in [6, 6.07) is 3.91. The highest BCUT2D eigenvalue weighted by molar-refractivity contribution is 7.89. The third-order valence-corrected chi connectivity index (χ3v) is 6.56. The van der Waals surface area contributed by atoms with Crippen LogP contribution < -0.4 is 15.8 Å². The third-order valence-electron chi connectivity index (χ3n) is 4.67. The van der Waals surface area contributed by atoms with Gasteiger partial charge in [-0.25, -0.2) is 8.42 Å². The van der Waals surface area contributed by atoms with Crippen LogP contribution in [-0.4, -0.2) is 50.3 Å². The smallest absolute Gasteiger partial charge is 0.258 e. The maximum atomic E-state index is 12.6. The first-order chi connectivity index (χ1) is 12.6. The van der Waals surface area contributed by atoms with Gasteiger partial charge in [0.25, 0.3) is 11.8 Å². The van der Waals surface area contributed by atoms with E-state index < -0.39 is 15.9 Å². The molecule has 0 aromatic heterocycles. The molecule has 9 heteroatoms. The summed E-state index contributed by atoms with van der Waals surface area (Å²) in [7, 11) is -3.68. The van der Waals surface area contributed by atoms with Crippen LogP contribution in [-0.2, 0) is 14.8 Å². The molecular formula is C18H27N3O5S. The van der Waals surface area contributed by atoms with Crippen LogP contribution in [0.25, 0.3) is 0 Å². The van der Waals surface area contributed by atoms with Crippen molar-refractivity contribution in [3.63, 3.8) is 0 Å². The molecule has 1 aromatic rings. The lowest BCUT2D eigenvalue weighted by atomic mass is 10.1. The molecule has 1 aromatic carbocycles. The van der Waals surface area contributed by atoms with Gasteiger partial charge in [0.1, 0.15) is 5.75 Å². The molecule has 2 amide bonds. The van der Waals surface area contributed by atoms with E-state index in [2.05, 4.69) is 5.32 Å². The Balaban J connectivity index is 2.16. The summed E-state index contributed by atoms with van der Waals surface area (Å²) in [5, 5.41) is 2.79. The fraction of sp³-hybridized carbons (Fsp3) is 0.556. The Morgan fingerprint density at radius 1 is 1.22 bits per heavy atom. The Morgan fingerprint density at radius 3 is 2.41 bits per heavy atom. The number of primary amides is 1. The van der Waals surface area contributed by atoms with E-state index in [4.69, 9.17) is 10.5 Å². The minimum atomic E-state index is -3.68. The van der Waals surface area contributed by atoms with E-state index in [9.17, 15) is 18.0 Å². The topological polar surface area (TPSA) is 119 Å². The first kappa shape index (κ1) is 21.2. The van der Waals surface area contributed by atoms with Gasteiger partial charge in [0.2, 0.25) is 10.0 Å². The molecule has 27 heavy (non-hydrogen) atoms. The summed E-state index contributed by atoms with van der Waals surface area (Å²) in [6.07, 6.45) is 1.63. The number of rotatable bonds is 8. The number of ether oxygens (including phenoxy) is 1. The number of nitrogens with two attached hydrogens (primary N) is 1. The molecule has 0 radical (unpaired) electrons. The van der Waals surface area contributed by atoms with E-state index in [1.165, 1.54) is 22.5 Å². The number of benzene rings is 1. The lowest BCUT2D eigenvalue weighted by Crippen LogP contribution is -2.39. The number of amides is 2. The first-order valence-electron chi connectivity index (χ1n) is 8.99. The molecule has 1 saturated heterocycles. The zero-order valence-electron chi connectivity index (χ0n) is 15.9. The largest absolute Gasteiger partial charge is 0.483 e. The number of carbonyl (C=O) groups excluding carboxylic acids is 2. The second kappa shape index (κ2) is 8.71. The Morgan fingerprint density at radius 2 is 1.85 bits per heavy atom. The summed E-state index contributed by atoms with van der Waals surface area (Å²) < 4.78 is 32.1. The number of sulfonamides is 1. The van der Waals surface area contributed by atoms with Crippen molar-refractivity contribution in [2.24, 2.45) is 11.7 Å². The van der Waals surface area contributed by atoms with E-state index in [0.29, 0.717) is 13.1 Å². The van der Waals surface area contributed by atoms with Crippen molar-refractivity contribution in [2.75, 3.05) is 19.7 Å². The van der Waals surface area contributed by atoms with Gasteiger partial charge in [0.05, 0.1) is 10.5 Å². The number of hydrogen-bond acceptors (Lipinski definition) is 5.